The smallest absolute Gasteiger partial charge is 0.416 e. The van der Waals surface area contributed by atoms with Gasteiger partial charge in [-0.25, -0.2) is 9.78 Å². The Kier molecular flexibility index (Phi) is 7.71. The van der Waals surface area contributed by atoms with Crippen LogP contribution < -0.4 is 14.2 Å². The van der Waals surface area contributed by atoms with E-state index >= 15 is 0 Å². The van der Waals surface area contributed by atoms with Gasteiger partial charge in [-0.2, -0.15) is 5.10 Å². The Balaban J connectivity index is 1.31. The van der Waals surface area contributed by atoms with Gasteiger partial charge in [0.15, 0.2) is 11.5 Å². The summed E-state index contributed by atoms with van der Waals surface area (Å²) in [6, 6.07) is 17.8. The molecular formula is C30H27Cl2N5O4. The van der Waals surface area contributed by atoms with Crippen LogP contribution >= 0.6 is 23.2 Å². The molecule has 3 heterocycles. The second-order valence-electron chi connectivity index (χ2n) is 9.65. The van der Waals surface area contributed by atoms with Crippen LogP contribution in [0, 0.1) is 0 Å². The Morgan fingerprint density at radius 1 is 1.05 bits per heavy atom. The van der Waals surface area contributed by atoms with Crippen molar-refractivity contribution in [3.63, 3.8) is 0 Å². The summed E-state index contributed by atoms with van der Waals surface area (Å²) in [6.07, 6.45) is 4.12. The van der Waals surface area contributed by atoms with E-state index in [2.05, 4.69) is 15.1 Å². The van der Waals surface area contributed by atoms with Crippen LogP contribution in [0.1, 0.15) is 29.3 Å². The summed E-state index contributed by atoms with van der Waals surface area (Å²) in [5.41, 5.74) is 3.83. The monoisotopic (exact) mass is 591 g/mol. The number of hydrogen-bond donors (Lipinski definition) is 1. The number of aryl methyl sites for hydroxylation is 1. The van der Waals surface area contributed by atoms with Crippen molar-refractivity contribution in [3.05, 3.63) is 100 Å². The number of amides is 1. The Morgan fingerprint density at radius 2 is 1.88 bits per heavy atom. The summed E-state index contributed by atoms with van der Waals surface area (Å²) < 4.78 is 19.3. The molecular weight excluding hydrogens is 565 g/mol. The predicted molar refractivity (Wildman–Crippen MR) is 156 cm³/mol. The zero-order chi connectivity index (χ0) is 28.3. The second-order valence-corrected chi connectivity index (χ2v) is 10.5. The average molecular weight is 592 g/mol. The maximum absolute atomic E-state index is 13.6. The predicted octanol–water partition coefficient (Wildman–Crippen LogP) is 6.69. The number of aromatic nitrogens is 4. The lowest BCUT2D eigenvalue weighted by atomic mass is 9.92. The molecule has 3 aromatic carbocycles. The number of ether oxygens (including phenoxy) is 3. The van der Waals surface area contributed by atoms with Crippen LogP contribution in [-0.4, -0.2) is 51.0 Å². The molecule has 1 amide bonds. The molecule has 0 radical (unpaired) electrons. The molecule has 1 atom stereocenters. The average Bonchev–Trinajstić information content (AvgIpc) is 3.64. The van der Waals surface area contributed by atoms with Crippen LogP contribution in [0.3, 0.4) is 0 Å². The minimum Gasteiger partial charge on any atom is -0.493 e. The molecule has 0 saturated heterocycles. The van der Waals surface area contributed by atoms with Gasteiger partial charge >= 0.3 is 6.09 Å². The summed E-state index contributed by atoms with van der Waals surface area (Å²) in [6.45, 7) is 1.62. The molecule has 0 fully saturated rings. The summed E-state index contributed by atoms with van der Waals surface area (Å²) in [4.78, 5) is 22.8. The molecule has 0 aliphatic carbocycles. The molecule has 1 N–H and O–H groups in total. The number of nitrogens with zero attached hydrogens (tertiary/aromatic N) is 4. The molecule has 0 bridgehead atoms. The summed E-state index contributed by atoms with van der Waals surface area (Å²) >= 11 is 12.4. The highest BCUT2D eigenvalue weighted by atomic mass is 35.5. The molecule has 210 valence electrons. The lowest BCUT2D eigenvalue weighted by Crippen LogP contribution is -2.42. The van der Waals surface area contributed by atoms with Gasteiger partial charge in [-0.05, 0) is 72.1 Å². The van der Waals surface area contributed by atoms with Crippen LogP contribution in [0.15, 0.2) is 73.3 Å². The highest BCUT2D eigenvalue weighted by Gasteiger charge is 2.36. The lowest BCUT2D eigenvalue weighted by molar-refractivity contribution is 0.135. The number of benzene rings is 3. The molecule has 11 heteroatoms. The van der Waals surface area contributed by atoms with Crippen LogP contribution in [0.2, 0.25) is 10.0 Å². The molecule has 1 aliphatic rings. The fourth-order valence-corrected chi connectivity index (χ4v) is 5.49. The number of nitrogens with one attached hydrogen (secondary N) is 1. The summed E-state index contributed by atoms with van der Waals surface area (Å²) in [7, 11) is 1.60. The zero-order valence-corrected chi connectivity index (χ0v) is 23.7. The van der Waals surface area contributed by atoms with E-state index in [0.717, 1.165) is 34.1 Å². The Hall–Kier alpha value is -4.21. The van der Waals surface area contributed by atoms with Crippen LogP contribution in [0.4, 0.5) is 4.79 Å². The first-order valence-corrected chi connectivity index (χ1v) is 13.9. The minimum absolute atomic E-state index is 0.416. The van der Waals surface area contributed by atoms with Gasteiger partial charge in [-0.1, -0.05) is 29.3 Å². The number of H-pyrrole nitrogens is 1. The van der Waals surface area contributed by atoms with Gasteiger partial charge in [0.05, 0.1) is 13.7 Å². The lowest BCUT2D eigenvalue weighted by Gasteiger charge is -2.35. The third kappa shape index (κ3) is 5.68. The van der Waals surface area contributed by atoms with E-state index in [1.165, 1.54) is 6.33 Å². The van der Waals surface area contributed by atoms with Crippen LogP contribution in [-0.2, 0) is 13.0 Å². The minimum atomic E-state index is -0.466. The number of halogens is 2. The van der Waals surface area contributed by atoms with E-state index in [1.807, 2.05) is 36.4 Å². The molecule has 1 aliphatic heterocycles. The molecule has 41 heavy (non-hydrogen) atoms. The number of methoxy groups -OCH3 is 1. The topological polar surface area (TPSA) is 94.5 Å². The first kappa shape index (κ1) is 27.0. The van der Waals surface area contributed by atoms with E-state index in [4.69, 9.17) is 37.4 Å². The van der Waals surface area contributed by atoms with E-state index in [-0.39, 0.29) is 0 Å². The highest BCUT2D eigenvalue weighted by molar-refractivity contribution is 6.31. The SMILES string of the molecule is COc1cc(C2c3[nH]c4ccc(Cl)cc4c3CCN2C(=O)Oc2ccc(Cl)cc2)ccc1OCCCn1cncn1. The Morgan fingerprint density at radius 3 is 2.66 bits per heavy atom. The molecule has 9 nitrogen and oxygen atoms in total. The number of carbonyl (C=O) groups is 1. The number of aromatic amines is 1. The molecule has 5 aromatic rings. The number of carbonyl (C=O) groups excluding carboxylic acids is 1. The highest BCUT2D eigenvalue weighted by Crippen LogP contribution is 2.42. The van der Waals surface area contributed by atoms with Gasteiger partial charge in [0.2, 0.25) is 0 Å². The maximum atomic E-state index is 13.6. The Bertz CT molecular complexity index is 1670. The molecule has 1 unspecified atom stereocenters. The normalized spacial score (nSPS) is 14.6. The van der Waals surface area contributed by atoms with Crippen molar-refractivity contribution >= 4 is 40.2 Å². The standard InChI is InChI=1S/C30H27Cl2N5O4/c1-39-27-15-19(3-10-26(27)40-14-2-12-36-18-33-17-34-36)29-28-23(24-16-21(32)6-9-25(24)35-28)11-13-37(29)30(38)41-22-7-4-20(31)5-8-22/h3-10,15-18,29,35H,2,11-14H2,1H3. The van der Waals surface area contributed by atoms with Crippen LogP contribution in [0.25, 0.3) is 10.9 Å². The summed E-state index contributed by atoms with van der Waals surface area (Å²) in [5, 5.41) is 6.38. The van der Waals surface area contributed by atoms with Gasteiger partial charge < -0.3 is 19.2 Å². The second kappa shape index (κ2) is 11.7. The molecule has 6 rings (SSSR count). The van der Waals surface area contributed by atoms with E-state index in [0.29, 0.717) is 53.4 Å². The first-order chi connectivity index (χ1) is 20.0. The summed E-state index contributed by atoms with van der Waals surface area (Å²) in [5.74, 6) is 1.60. The van der Waals surface area contributed by atoms with Crippen molar-refractivity contribution in [1.82, 2.24) is 24.6 Å². The van der Waals surface area contributed by atoms with Gasteiger partial charge in [-0.3, -0.25) is 9.58 Å². The van der Waals surface area contributed by atoms with E-state index in [9.17, 15) is 4.79 Å². The first-order valence-electron chi connectivity index (χ1n) is 13.2. The third-order valence-electron chi connectivity index (χ3n) is 7.10. The number of hydrogen-bond acceptors (Lipinski definition) is 6. The van der Waals surface area contributed by atoms with Crippen molar-refractivity contribution in [2.75, 3.05) is 20.3 Å². The largest absolute Gasteiger partial charge is 0.493 e. The quantitative estimate of drug-likeness (QED) is 0.202. The van der Waals surface area contributed by atoms with E-state index in [1.54, 1.807) is 47.3 Å². The van der Waals surface area contributed by atoms with Crippen molar-refractivity contribution in [1.29, 1.82) is 0 Å². The zero-order valence-electron chi connectivity index (χ0n) is 22.2. The van der Waals surface area contributed by atoms with Crippen LogP contribution in [0.5, 0.6) is 17.2 Å². The van der Waals surface area contributed by atoms with Crippen molar-refractivity contribution in [2.45, 2.75) is 25.4 Å². The third-order valence-corrected chi connectivity index (χ3v) is 7.59. The number of rotatable bonds is 8. The molecule has 0 spiro atoms. The van der Waals surface area contributed by atoms with Gasteiger partial charge in [0.25, 0.3) is 0 Å². The molecule has 0 saturated carbocycles. The van der Waals surface area contributed by atoms with Gasteiger partial charge in [0.1, 0.15) is 24.4 Å². The van der Waals surface area contributed by atoms with Crippen molar-refractivity contribution in [3.8, 4) is 17.2 Å². The van der Waals surface area contributed by atoms with Crippen molar-refractivity contribution < 1.29 is 19.0 Å². The molecule has 2 aromatic heterocycles. The Labute approximate surface area is 246 Å². The number of fused-ring (bicyclic) bond motifs is 3. The van der Waals surface area contributed by atoms with Gasteiger partial charge in [-0.15, -0.1) is 0 Å². The maximum Gasteiger partial charge on any atom is 0.416 e. The fraction of sp³-hybridized carbons (Fsp3) is 0.233. The fourth-order valence-electron chi connectivity index (χ4n) is 5.20. The van der Waals surface area contributed by atoms with Crippen molar-refractivity contribution in [2.24, 2.45) is 0 Å². The van der Waals surface area contributed by atoms with E-state index < -0.39 is 12.1 Å². The van der Waals surface area contributed by atoms with Gasteiger partial charge in [0, 0.05) is 46.2 Å².